The van der Waals surface area contributed by atoms with Crippen molar-refractivity contribution >= 4 is 6.03 Å². The molecule has 5 heteroatoms. The number of nitrogens with two attached hydrogens (primary N) is 1. The Morgan fingerprint density at radius 3 is 2.75 bits per heavy atom. The van der Waals surface area contributed by atoms with Gasteiger partial charge in [-0.2, -0.15) is 0 Å². The second kappa shape index (κ2) is 4.98. The predicted molar refractivity (Wildman–Crippen MR) is 74.4 cm³/mol. The van der Waals surface area contributed by atoms with E-state index in [1.54, 1.807) is 4.90 Å². The summed E-state index contributed by atoms with van der Waals surface area (Å²) in [6.45, 7) is 3.85. The number of piperidine rings is 1. The third-order valence-corrected chi connectivity index (χ3v) is 4.45. The Hall–Kier alpha value is -1.75. The fraction of sp³-hybridized carbons (Fsp3) is 0.533. The summed E-state index contributed by atoms with van der Waals surface area (Å²) >= 11 is 0. The van der Waals surface area contributed by atoms with Gasteiger partial charge < -0.3 is 20.1 Å². The number of urea groups is 1. The van der Waals surface area contributed by atoms with Gasteiger partial charge in [-0.05, 0) is 25.8 Å². The van der Waals surface area contributed by atoms with Gasteiger partial charge in [-0.25, -0.2) is 4.79 Å². The van der Waals surface area contributed by atoms with Crippen LogP contribution in [-0.4, -0.2) is 35.7 Å². The summed E-state index contributed by atoms with van der Waals surface area (Å²) in [5.41, 5.74) is 6.08. The maximum atomic E-state index is 11.2. The van der Waals surface area contributed by atoms with Gasteiger partial charge >= 0.3 is 6.03 Å². The van der Waals surface area contributed by atoms with Gasteiger partial charge in [-0.15, -0.1) is 0 Å². The second-order valence-corrected chi connectivity index (χ2v) is 5.55. The molecule has 1 atom stereocenters. The Bertz CT molecular complexity index is 510. The van der Waals surface area contributed by atoms with Gasteiger partial charge in [0.2, 0.25) is 0 Å². The van der Waals surface area contributed by atoms with Crippen molar-refractivity contribution in [3.05, 3.63) is 29.8 Å². The third kappa shape index (κ3) is 2.22. The molecule has 0 saturated carbocycles. The van der Waals surface area contributed by atoms with Crippen LogP contribution < -0.4 is 10.5 Å². The van der Waals surface area contributed by atoms with E-state index in [1.807, 2.05) is 31.2 Å². The predicted octanol–water partition coefficient (Wildman–Crippen LogP) is 1.90. The van der Waals surface area contributed by atoms with Crippen LogP contribution in [0.2, 0.25) is 0 Å². The Kier molecular flexibility index (Phi) is 3.30. The standard InChI is InChI=1S/C15H20N2O3/c1-11-15(6-8-17(9-7-15)14(16)18)19-10-12-4-2-3-5-13(12)20-11/h2-5,11H,6-10H2,1H3,(H2,16,18). The van der Waals surface area contributed by atoms with Crippen LogP contribution in [0, 0.1) is 0 Å². The summed E-state index contributed by atoms with van der Waals surface area (Å²) < 4.78 is 12.3. The first-order valence-corrected chi connectivity index (χ1v) is 7.04. The normalized spacial score (nSPS) is 24.6. The molecule has 20 heavy (non-hydrogen) atoms. The lowest BCUT2D eigenvalue weighted by Crippen LogP contribution is -2.55. The van der Waals surface area contributed by atoms with E-state index >= 15 is 0 Å². The van der Waals surface area contributed by atoms with Gasteiger partial charge in [0.15, 0.2) is 0 Å². The molecule has 2 aliphatic heterocycles. The maximum Gasteiger partial charge on any atom is 0.314 e. The summed E-state index contributed by atoms with van der Waals surface area (Å²) in [5.74, 6) is 0.897. The highest BCUT2D eigenvalue weighted by Gasteiger charge is 2.44. The topological polar surface area (TPSA) is 64.8 Å². The van der Waals surface area contributed by atoms with E-state index < -0.39 is 0 Å². The molecule has 5 nitrogen and oxygen atoms in total. The molecule has 2 aliphatic rings. The van der Waals surface area contributed by atoms with Gasteiger partial charge in [0, 0.05) is 18.7 Å². The minimum absolute atomic E-state index is 0.0406. The molecule has 2 N–H and O–H groups in total. The highest BCUT2D eigenvalue weighted by Crippen LogP contribution is 2.37. The zero-order valence-corrected chi connectivity index (χ0v) is 11.7. The van der Waals surface area contributed by atoms with Gasteiger partial charge in [0.1, 0.15) is 17.5 Å². The summed E-state index contributed by atoms with van der Waals surface area (Å²) in [6.07, 6.45) is 1.47. The van der Waals surface area contributed by atoms with Crippen molar-refractivity contribution < 1.29 is 14.3 Å². The van der Waals surface area contributed by atoms with Crippen molar-refractivity contribution in [3.8, 4) is 5.75 Å². The molecule has 1 aromatic rings. The fourth-order valence-electron chi connectivity index (χ4n) is 3.03. The molecule has 1 aromatic carbocycles. The van der Waals surface area contributed by atoms with Crippen LogP contribution >= 0.6 is 0 Å². The van der Waals surface area contributed by atoms with Crippen LogP contribution in [0.15, 0.2) is 24.3 Å². The summed E-state index contributed by atoms with van der Waals surface area (Å²) in [6, 6.07) is 7.61. The molecule has 1 unspecified atom stereocenters. The number of fused-ring (bicyclic) bond motifs is 1. The minimum atomic E-state index is -0.356. The van der Waals surface area contributed by atoms with E-state index in [2.05, 4.69) is 0 Å². The molecule has 0 radical (unpaired) electrons. The average molecular weight is 276 g/mol. The number of hydrogen-bond donors (Lipinski definition) is 1. The molecule has 0 aliphatic carbocycles. The first kappa shape index (κ1) is 13.2. The highest BCUT2D eigenvalue weighted by atomic mass is 16.6. The molecular weight excluding hydrogens is 256 g/mol. The monoisotopic (exact) mass is 276 g/mol. The second-order valence-electron chi connectivity index (χ2n) is 5.55. The van der Waals surface area contributed by atoms with E-state index in [0.29, 0.717) is 19.7 Å². The summed E-state index contributed by atoms with van der Waals surface area (Å²) in [4.78, 5) is 12.9. The lowest BCUT2D eigenvalue weighted by Gasteiger charge is -2.43. The number of benzene rings is 1. The molecule has 1 fully saturated rings. The van der Waals surface area contributed by atoms with Crippen molar-refractivity contribution in [2.45, 2.75) is 38.1 Å². The van der Waals surface area contributed by atoms with E-state index in [9.17, 15) is 4.79 Å². The number of nitrogens with zero attached hydrogens (tertiary/aromatic N) is 1. The third-order valence-electron chi connectivity index (χ3n) is 4.45. The van der Waals surface area contributed by atoms with Crippen molar-refractivity contribution in [2.75, 3.05) is 13.1 Å². The quantitative estimate of drug-likeness (QED) is 0.787. The van der Waals surface area contributed by atoms with Crippen LogP contribution in [0.3, 0.4) is 0 Å². The summed E-state index contributed by atoms with van der Waals surface area (Å²) in [5, 5.41) is 0. The molecule has 0 aromatic heterocycles. The van der Waals surface area contributed by atoms with E-state index in [1.165, 1.54) is 0 Å². The van der Waals surface area contributed by atoms with Crippen LogP contribution in [-0.2, 0) is 11.3 Å². The Morgan fingerprint density at radius 2 is 2.05 bits per heavy atom. The first-order chi connectivity index (χ1) is 9.61. The molecule has 2 heterocycles. The summed E-state index contributed by atoms with van der Waals surface area (Å²) in [7, 11) is 0. The number of carbonyl (C=O) groups excluding carboxylic acids is 1. The molecule has 3 rings (SSSR count). The molecule has 2 amide bonds. The first-order valence-electron chi connectivity index (χ1n) is 7.04. The number of ether oxygens (including phenoxy) is 2. The van der Waals surface area contributed by atoms with Crippen LogP contribution in [0.4, 0.5) is 4.79 Å². The number of likely N-dealkylation sites (tertiary alicyclic amines) is 1. The van der Waals surface area contributed by atoms with Crippen LogP contribution in [0.1, 0.15) is 25.3 Å². The largest absolute Gasteiger partial charge is 0.487 e. The molecule has 108 valence electrons. The number of carbonyl (C=O) groups is 1. The van der Waals surface area contributed by atoms with Crippen molar-refractivity contribution in [2.24, 2.45) is 5.73 Å². The van der Waals surface area contributed by atoms with E-state index in [4.69, 9.17) is 15.2 Å². The maximum absolute atomic E-state index is 11.2. The van der Waals surface area contributed by atoms with Crippen molar-refractivity contribution in [1.29, 1.82) is 0 Å². The lowest BCUT2D eigenvalue weighted by atomic mass is 9.86. The molecular formula is C15H20N2O3. The van der Waals surface area contributed by atoms with Gasteiger partial charge in [-0.3, -0.25) is 0 Å². The number of para-hydroxylation sites is 1. The smallest absolute Gasteiger partial charge is 0.314 e. The number of primary amides is 1. The van der Waals surface area contributed by atoms with E-state index in [-0.39, 0.29) is 17.7 Å². The fourth-order valence-corrected chi connectivity index (χ4v) is 3.03. The number of amides is 2. The van der Waals surface area contributed by atoms with Gasteiger partial charge in [-0.1, -0.05) is 18.2 Å². The Morgan fingerprint density at radius 1 is 1.35 bits per heavy atom. The zero-order chi connectivity index (χ0) is 14.2. The van der Waals surface area contributed by atoms with Crippen molar-refractivity contribution in [1.82, 2.24) is 4.90 Å². The Labute approximate surface area is 118 Å². The van der Waals surface area contributed by atoms with Gasteiger partial charge in [0.05, 0.1) is 6.61 Å². The lowest BCUT2D eigenvalue weighted by molar-refractivity contribution is -0.131. The number of rotatable bonds is 0. The zero-order valence-electron chi connectivity index (χ0n) is 11.7. The number of hydrogen-bond acceptors (Lipinski definition) is 3. The van der Waals surface area contributed by atoms with Crippen molar-refractivity contribution in [3.63, 3.8) is 0 Å². The molecule has 1 spiro atoms. The average Bonchev–Trinajstić information content (AvgIpc) is 2.58. The highest BCUT2D eigenvalue weighted by molar-refractivity contribution is 5.72. The minimum Gasteiger partial charge on any atom is -0.487 e. The Balaban J connectivity index is 1.78. The van der Waals surface area contributed by atoms with E-state index in [0.717, 1.165) is 24.2 Å². The van der Waals surface area contributed by atoms with Crippen LogP contribution in [0.5, 0.6) is 5.75 Å². The van der Waals surface area contributed by atoms with Gasteiger partial charge in [0.25, 0.3) is 0 Å². The SMILES string of the molecule is CC1Oc2ccccc2COC12CCN(C(N)=O)CC2. The molecule has 1 saturated heterocycles. The van der Waals surface area contributed by atoms with Crippen LogP contribution in [0.25, 0.3) is 0 Å². The molecule has 0 bridgehead atoms.